The second kappa shape index (κ2) is 5.39. The van der Waals surface area contributed by atoms with Crippen LogP contribution in [0.25, 0.3) is 0 Å². The maximum atomic E-state index is 12.0. The third-order valence-corrected chi connectivity index (χ3v) is 3.88. The highest BCUT2D eigenvalue weighted by atomic mass is 32.1. The predicted octanol–water partition coefficient (Wildman–Crippen LogP) is 2.41. The summed E-state index contributed by atoms with van der Waals surface area (Å²) in [7, 11) is 1.33. The molecule has 1 aliphatic rings. The lowest BCUT2D eigenvalue weighted by Crippen LogP contribution is -2.33. The third kappa shape index (κ3) is 2.64. The summed E-state index contributed by atoms with van der Waals surface area (Å²) in [4.78, 5) is 25.7. The van der Waals surface area contributed by atoms with E-state index in [0.29, 0.717) is 16.5 Å². The Balaban J connectivity index is 2.03. The van der Waals surface area contributed by atoms with Gasteiger partial charge >= 0.3 is 12.0 Å². The number of carbonyl (C=O) groups is 2. The Kier molecular flexibility index (Phi) is 3.86. The average Bonchev–Trinajstić information content (AvgIpc) is 2.97. The maximum absolute atomic E-state index is 12.0. The topological polar surface area (TPSA) is 58.6 Å². The molecule has 2 heterocycles. The number of nitrogens with zero attached hydrogens (tertiary/aromatic N) is 1. The summed E-state index contributed by atoms with van der Waals surface area (Å²) < 4.78 is 4.67. The fraction of sp³-hybridized carbons (Fsp3) is 0.500. The van der Waals surface area contributed by atoms with Gasteiger partial charge in [0.1, 0.15) is 4.88 Å². The van der Waals surface area contributed by atoms with Crippen LogP contribution < -0.4 is 5.32 Å². The zero-order valence-electron chi connectivity index (χ0n) is 10.4. The molecule has 1 aromatic rings. The van der Waals surface area contributed by atoms with Gasteiger partial charge in [0.25, 0.3) is 0 Å². The second-order valence-corrected chi connectivity index (χ2v) is 5.34. The molecule has 0 bridgehead atoms. The molecular weight excluding hydrogens is 252 g/mol. The number of rotatable bonds is 2. The zero-order chi connectivity index (χ0) is 13.1. The molecule has 0 aromatic carbocycles. The lowest BCUT2D eigenvalue weighted by Gasteiger charge is -2.16. The van der Waals surface area contributed by atoms with Crippen LogP contribution in [0, 0.1) is 5.92 Å². The van der Waals surface area contributed by atoms with E-state index in [4.69, 9.17) is 0 Å². The molecule has 0 unspecified atom stereocenters. The molecule has 2 amide bonds. The van der Waals surface area contributed by atoms with Gasteiger partial charge in [-0.3, -0.25) is 0 Å². The van der Waals surface area contributed by atoms with Gasteiger partial charge in [-0.1, -0.05) is 6.92 Å². The Morgan fingerprint density at radius 2 is 2.33 bits per heavy atom. The monoisotopic (exact) mass is 268 g/mol. The van der Waals surface area contributed by atoms with Crippen LogP contribution in [0.3, 0.4) is 0 Å². The summed E-state index contributed by atoms with van der Waals surface area (Å²) >= 11 is 1.26. The van der Waals surface area contributed by atoms with Gasteiger partial charge in [-0.25, -0.2) is 9.59 Å². The number of urea groups is 1. The first kappa shape index (κ1) is 12.9. The van der Waals surface area contributed by atoms with E-state index in [9.17, 15) is 9.59 Å². The molecule has 6 heteroatoms. The Labute approximate surface area is 110 Å². The van der Waals surface area contributed by atoms with Gasteiger partial charge < -0.3 is 15.0 Å². The Morgan fingerprint density at radius 1 is 1.56 bits per heavy atom. The van der Waals surface area contributed by atoms with Crippen LogP contribution in [0.2, 0.25) is 0 Å². The molecule has 1 saturated heterocycles. The summed E-state index contributed by atoms with van der Waals surface area (Å²) in [5, 5.41) is 4.52. The van der Waals surface area contributed by atoms with Crippen LogP contribution >= 0.6 is 11.3 Å². The first-order valence-electron chi connectivity index (χ1n) is 5.83. The lowest BCUT2D eigenvalue weighted by molar-refractivity contribution is 0.0607. The van der Waals surface area contributed by atoms with E-state index in [1.807, 2.05) is 0 Å². The molecule has 1 aromatic heterocycles. The molecule has 98 valence electrons. The van der Waals surface area contributed by atoms with Crippen LogP contribution in [0.5, 0.6) is 0 Å². The molecule has 0 aliphatic carbocycles. The van der Waals surface area contributed by atoms with E-state index < -0.39 is 5.97 Å². The second-order valence-electron chi connectivity index (χ2n) is 4.42. The van der Waals surface area contributed by atoms with Crippen molar-refractivity contribution in [2.75, 3.05) is 25.5 Å². The van der Waals surface area contributed by atoms with Gasteiger partial charge in [-0.05, 0) is 23.8 Å². The van der Waals surface area contributed by atoms with E-state index in [1.165, 1.54) is 18.4 Å². The zero-order valence-corrected chi connectivity index (χ0v) is 11.3. The van der Waals surface area contributed by atoms with Crippen molar-refractivity contribution in [3.63, 3.8) is 0 Å². The van der Waals surface area contributed by atoms with Crippen LogP contribution in [-0.4, -0.2) is 37.1 Å². The highest BCUT2D eigenvalue weighted by molar-refractivity contribution is 7.12. The quantitative estimate of drug-likeness (QED) is 0.838. The van der Waals surface area contributed by atoms with Crippen LogP contribution in [-0.2, 0) is 4.74 Å². The summed E-state index contributed by atoms with van der Waals surface area (Å²) in [5.74, 6) is 0.119. The minimum absolute atomic E-state index is 0.150. The standard InChI is InChI=1S/C12H16N2O3S/c1-8-3-5-14(7-8)12(16)13-9-4-6-18-10(9)11(15)17-2/h4,6,8H,3,5,7H2,1-2H3,(H,13,16)/t8-/m0/s1. The molecule has 1 aliphatic heterocycles. The van der Waals surface area contributed by atoms with Crippen molar-refractivity contribution < 1.29 is 14.3 Å². The molecule has 1 N–H and O–H groups in total. The number of carbonyl (C=O) groups excluding carboxylic acids is 2. The molecule has 0 saturated carbocycles. The molecule has 0 spiro atoms. The number of anilines is 1. The van der Waals surface area contributed by atoms with Gasteiger partial charge in [-0.15, -0.1) is 11.3 Å². The maximum Gasteiger partial charge on any atom is 0.350 e. The Morgan fingerprint density at radius 3 is 2.94 bits per heavy atom. The van der Waals surface area contributed by atoms with Crippen molar-refractivity contribution in [3.8, 4) is 0 Å². The number of nitrogens with one attached hydrogen (secondary N) is 1. The molecule has 1 fully saturated rings. The molecule has 1 atom stereocenters. The van der Waals surface area contributed by atoms with Gasteiger partial charge in [0.05, 0.1) is 12.8 Å². The fourth-order valence-corrected chi connectivity index (χ4v) is 2.74. The fourth-order valence-electron chi connectivity index (χ4n) is 1.97. The number of likely N-dealkylation sites (tertiary alicyclic amines) is 1. The molecule has 2 rings (SSSR count). The van der Waals surface area contributed by atoms with Crippen LogP contribution in [0.4, 0.5) is 10.5 Å². The Bertz CT molecular complexity index is 458. The number of methoxy groups -OCH3 is 1. The smallest absolute Gasteiger partial charge is 0.350 e. The number of thiophene rings is 1. The minimum Gasteiger partial charge on any atom is -0.465 e. The van der Waals surface area contributed by atoms with Crippen LogP contribution in [0.15, 0.2) is 11.4 Å². The van der Waals surface area contributed by atoms with E-state index in [0.717, 1.165) is 19.5 Å². The van der Waals surface area contributed by atoms with Gasteiger partial charge in [0.15, 0.2) is 0 Å². The first-order valence-corrected chi connectivity index (χ1v) is 6.71. The first-order chi connectivity index (χ1) is 8.61. The van der Waals surface area contributed by atoms with Crippen molar-refractivity contribution in [2.24, 2.45) is 5.92 Å². The Hall–Kier alpha value is -1.56. The summed E-state index contributed by atoms with van der Waals surface area (Å²) in [6.45, 7) is 3.66. The summed E-state index contributed by atoms with van der Waals surface area (Å²) in [6, 6.07) is 1.57. The average molecular weight is 268 g/mol. The van der Waals surface area contributed by atoms with Crippen molar-refractivity contribution in [3.05, 3.63) is 16.3 Å². The largest absolute Gasteiger partial charge is 0.465 e. The van der Waals surface area contributed by atoms with E-state index in [1.54, 1.807) is 16.3 Å². The molecule has 18 heavy (non-hydrogen) atoms. The molecule has 0 radical (unpaired) electrons. The van der Waals surface area contributed by atoms with Crippen molar-refractivity contribution in [1.29, 1.82) is 0 Å². The highest BCUT2D eigenvalue weighted by Gasteiger charge is 2.24. The predicted molar refractivity (Wildman–Crippen MR) is 70.0 cm³/mol. The normalized spacial score (nSPS) is 18.8. The number of amides is 2. The lowest BCUT2D eigenvalue weighted by atomic mass is 10.2. The highest BCUT2D eigenvalue weighted by Crippen LogP contribution is 2.24. The van der Waals surface area contributed by atoms with Gasteiger partial charge in [-0.2, -0.15) is 0 Å². The third-order valence-electron chi connectivity index (χ3n) is 2.99. The summed E-state index contributed by atoms with van der Waals surface area (Å²) in [5.41, 5.74) is 0.524. The summed E-state index contributed by atoms with van der Waals surface area (Å²) in [6.07, 6.45) is 1.03. The van der Waals surface area contributed by atoms with Crippen molar-refractivity contribution in [1.82, 2.24) is 4.90 Å². The van der Waals surface area contributed by atoms with Gasteiger partial charge in [0, 0.05) is 13.1 Å². The van der Waals surface area contributed by atoms with E-state index in [2.05, 4.69) is 17.0 Å². The number of hydrogen-bond donors (Lipinski definition) is 1. The van der Waals surface area contributed by atoms with Gasteiger partial charge in [0.2, 0.25) is 0 Å². The number of esters is 1. The van der Waals surface area contributed by atoms with Crippen molar-refractivity contribution in [2.45, 2.75) is 13.3 Å². The van der Waals surface area contributed by atoms with E-state index >= 15 is 0 Å². The van der Waals surface area contributed by atoms with E-state index in [-0.39, 0.29) is 6.03 Å². The molecular formula is C12H16N2O3S. The van der Waals surface area contributed by atoms with Crippen molar-refractivity contribution >= 4 is 29.0 Å². The SMILES string of the molecule is COC(=O)c1sccc1NC(=O)N1CC[C@H](C)C1. The number of ether oxygens (including phenoxy) is 1. The minimum atomic E-state index is -0.421. The number of hydrogen-bond acceptors (Lipinski definition) is 4. The van der Waals surface area contributed by atoms with Crippen LogP contribution in [0.1, 0.15) is 23.0 Å². The molecule has 5 nitrogen and oxygen atoms in total.